The second-order valence-corrected chi connectivity index (χ2v) is 11.5. The van der Waals surface area contributed by atoms with E-state index >= 15 is 0 Å². The van der Waals surface area contributed by atoms with E-state index in [0.717, 1.165) is 63.7 Å². The van der Waals surface area contributed by atoms with E-state index in [4.69, 9.17) is 9.47 Å². The third-order valence-electron chi connectivity index (χ3n) is 8.80. The van der Waals surface area contributed by atoms with Gasteiger partial charge in [-0.3, -0.25) is 4.79 Å². The van der Waals surface area contributed by atoms with E-state index in [1.165, 1.54) is 63.7 Å². The minimum absolute atomic E-state index is 0.156. The van der Waals surface area contributed by atoms with Crippen LogP contribution in [-0.2, 0) is 9.53 Å². The molecule has 6 heteroatoms. The van der Waals surface area contributed by atoms with Gasteiger partial charge in [-0.2, -0.15) is 0 Å². The molecule has 194 valence electrons. The molecule has 1 spiro atoms. The lowest BCUT2D eigenvalue weighted by Crippen LogP contribution is -2.61. The Morgan fingerprint density at radius 3 is 2.51 bits per heavy atom. The van der Waals surface area contributed by atoms with Crippen LogP contribution in [0.1, 0.15) is 71.1 Å². The Kier molecular flexibility index (Phi) is 8.18. The molecule has 35 heavy (non-hydrogen) atoms. The average Bonchev–Trinajstić information content (AvgIpc) is 2.90. The predicted molar refractivity (Wildman–Crippen MR) is 140 cm³/mol. The van der Waals surface area contributed by atoms with Gasteiger partial charge in [0.05, 0.1) is 18.8 Å². The maximum atomic E-state index is 12.6. The molecule has 1 saturated carbocycles. The second-order valence-electron chi connectivity index (χ2n) is 11.5. The number of hydrogen-bond donors (Lipinski definition) is 0. The summed E-state index contributed by atoms with van der Waals surface area (Å²) in [5.41, 5.74) is 1.10. The molecule has 1 aliphatic carbocycles. The number of amides is 1. The molecule has 4 fully saturated rings. The molecular formula is C29H45N3O3. The van der Waals surface area contributed by atoms with Crippen molar-refractivity contribution in [3.05, 3.63) is 24.3 Å². The number of likely N-dealkylation sites (tertiary alicyclic amines) is 1. The van der Waals surface area contributed by atoms with Crippen LogP contribution in [0.4, 0.5) is 5.69 Å². The molecule has 1 amide bonds. The summed E-state index contributed by atoms with van der Waals surface area (Å²) in [7, 11) is 0. The normalized spacial score (nSPS) is 26.3. The third-order valence-corrected chi connectivity index (χ3v) is 8.80. The second kappa shape index (κ2) is 11.5. The number of rotatable bonds is 7. The minimum Gasteiger partial charge on any atom is -0.494 e. The maximum Gasteiger partial charge on any atom is 0.248 e. The molecule has 4 aliphatic rings. The Labute approximate surface area is 211 Å². The highest BCUT2D eigenvalue weighted by atomic mass is 16.5. The molecule has 3 aliphatic heterocycles. The lowest BCUT2D eigenvalue weighted by Gasteiger charge is -2.49. The number of ether oxygens (including phenoxy) is 2. The van der Waals surface area contributed by atoms with Crippen LogP contribution >= 0.6 is 0 Å². The smallest absolute Gasteiger partial charge is 0.248 e. The molecule has 5 rings (SSSR count). The summed E-state index contributed by atoms with van der Waals surface area (Å²) >= 11 is 0. The van der Waals surface area contributed by atoms with Crippen molar-refractivity contribution < 1.29 is 14.3 Å². The summed E-state index contributed by atoms with van der Waals surface area (Å²) in [5, 5.41) is 0. The monoisotopic (exact) mass is 483 g/mol. The molecule has 0 N–H and O–H groups in total. The molecule has 6 nitrogen and oxygen atoms in total. The predicted octanol–water partition coefficient (Wildman–Crippen LogP) is 4.72. The number of benzene rings is 1. The number of anilines is 1. The number of hydrogen-bond acceptors (Lipinski definition) is 5. The van der Waals surface area contributed by atoms with Gasteiger partial charge in [0, 0.05) is 37.9 Å². The summed E-state index contributed by atoms with van der Waals surface area (Å²) in [6.45, 7) is 9.77. The lowest BCUT2D eigenvalue weighted by molar-refractivity contribution is -0.172. The van der Waals surface area contributed by atoms with Crippen LogP contribution in [0.3, 0.4) is 0 Å². The fourth-order valence-corrected chi connectivity index (χ4v) is 6.66. The van der Waals surface area contributed by atoms with Crippen LogP contribution < -0.4 is 9.64 Å². The van der Waals surface area contributed by atoms with Crippen LogP contribution in [0.2, 0.25) is 0 Å². The maximum absolute atomic E-state index is 12.6. The molecule has 0 bridgehead atoms. The van der Waals surface area contributed by atoms with Crippen molar-refractivity contribution in [2.75, 3.05) is 57.4 Å². The molecular weight excluding hydrogens is 438 g/mol. The molecule has 0 unspecified atom stereocenters. The van der Waals surface area contributed by atoms with Gasteiger partial charge in [-0.05, 0) is 81.7 Å². The first-order valence-electron chi connectivity index (χ1n) is 14.2. The van der Waals surface area contributed by atoms with Gasteiger partial charge in [-0.1, -0.05) is 26.2 Å². The third kappa shape index (κ3) is 6.32. The minimum atomic E-state index is -0.156. The zero-order chi connectivity index (χ0) is 24.1. The summed E-state index contributed by atoms with van der Waals surface area (Å²) in [4.78, 5) is 19.8. The van der Waals surface area contributed by atoms with Gasteiger partial charge in [-0.25, -0.2) is 0 Å². The van der Waals surface area contributed by atoms with Gasteiger partial charge in [0.1, 0.15) is 12.4 Å². The molecule has 0 radical (unpaired) electrons. The van der Waals surface area contributed by atoms with Gasteiger partial charge < -0.3 is 24.2 Å². The number of carbonyl (C=O) groups is 1. The largest absolute Gasteiger partial charge is 0.494 e. The van der Waals surface area contributed by atoms with E-state index in [9.17, 15) is 4.79 Å². The fourth-order valence-electron chi connectivity index (χ4n) is 6.66. The van der Waals surface area contributed by atoms with Crippen molar-refractivity contribution >= 4 is 11.6 Å². The van der Waals surface area contributed by atoms with E-state index in [-0.39, 0.29) is 18.1 Å². The van der Waals surface area contributed by atoms with Gasteiger partial charge in [0.15, 0.2) is 0 Å². The zero-order valence-corrected chi connectivity index (χ0v) is 21.8. The van der Waals surface area contributed by atoms with E-state index < -0.39 is 0 Å². The van der Waals surface area contributed by atoms with E-state index in [2.05, 4.69) is 45.9 Å². The first-order chi connectivity index (χ1) is 17.1. The average molecular weight is 484 g/mol. The standard InChI is InChI=1S/C29H45N3O3/c1-24-7-5-16-30(21-24)17-6-20-34-27-12-10-25(11-13-27)31-18-14-29(15-19-31)23-32(28(33)22-35-29)26-8-3-2-4-9-26/h10-13,24,26H,2-9,14-23H2,1H3/t24-/m0/s1. The fraction of sp³-hybridized carbons (Fsp3) is 0.759. The highest BCUT2D eigenvalue weighted by molar-refractivity contribution is 5.78. The summed E-state index contributed by atoms with van der Waals surface area (Å²) < 4.78 is 12.2. The van der Waals surface area contributed by atoms with Crippen LogP contribution in [0.25, 0.3) is 0 Å². The molecule has 1 aromatic rings. The summed E-state index contributed by atoms with van der Waals surface area (Å²) in [6, 6.07) is 9.05. The van der Waals surface area contributed by atoms with Crippen molar-refractivity contribution in [2.45, 2.75) is 82.8 Å². The molecule has 3 saturated heterocycles. The first kappa shape index (κ1) is 24.9. The van der Waals surface area contributed by atoms with Gasteiger partial charge in [0.2, 0.25) is 5.91 Å². The van der Waals surface area contributed by atoms with Crippen molar-refractivity contribution in [3.8, 4) is 5.75 Å². The Morgan fingerprint density at radius 2 is 1.77 bits per heavy atom. The van der Waals surface area contributed by atoms with E-state index in [0.29, 0.717) is 6.04 Å². The van der Waals surface area contributed by atoms with Gasteiger partial charge in [-0.15, -0.1) is 0 Å². The van der Waals surface area contributed by atoms with Gasteiger partial charge >= 0.3 is 0 Å². The Bertz CT molecular complexity index is 815. The van der Waals surface area contributed by atoms with Crippen molar-refractivity contribution in [2.24, 2.45) is 5.92 Å². The lowest BCUT2D eigenvalue weighted by atomic mass is 9.86. The first-order valence-corrected chi connectivity index (χ1v) is 14.2. The molecule has 1 atom stereocenters. The van der Waals surface area contributed by atoms with Crippen molar-refractivity contribution in [3.63, 3.8) is 0 Å². The van der Waals surface area contributed by atoms with Crippen LogP contribution in [0.15, 0.2) is 24.3 Å². The number of piperidine rings is 2. The van der Waals surface area contributed by atoms with Crippen LogP contribution in [-0.4, -0.2) is 79.8 Å². The molecule has 0 aromatic heterocycles. The van der Waals surface area contributed by atoms with E-state index in [1.54, 1.807) is 0 Å². The number of carbonyl (C=O) groups excluding carboxylic acids is 1. The van der Waals surface area contributed by atoms with Crippen LogP contribution in [0.5, 0.6) is 5.75 Å². The summed E-state index contributed by atoms with van der Waals surface area (Å²) in [6.07, 6.45) is 11.9. The number of nitrogens with zero attached hydrogens (tertiary/aromatic N) is 3. The molecule has 1 aromatic carbocycles. The van der Waals surface area contributed by atoms with Crippen LogP contribution in [0, 0.1) is 5.92 Å². The highest BCUT2D eigenvalue weighted by Gasteiger charge is 2.44. The highest BCUT2D eigenvalue weighted by Crippen LogP contribution is 2.35. The van der Waals surface area contributed by atoms with E-state index in [1.807, 2.05) is 0 Å². The Balaban J connectivity index is 1.06. The topological polar surface area (TPSA) is 45.2 Å². The Hall–Kier alpha value is -1.79. The zero-order valence-electron chi connectivity index (χ0n) is 21.8. The molecule has 3 heterocycles. The SMILES string of the molecule is C[C@H]1CCCN(CCCOc2ccc(N3CCC4(CC3)CN(C3CCCCC3)C(=O)CO4)cc2)C1. The quantitative estimate of drug-likeness (QED) is 0.525. The van der Waals surface area contributed by atoms with Crippen molar-refractivity contribution in [1.82, 2.24) is 9.80 Å². The van der Waals surface area contributed by atoms with Crippen molar-refractivity contribution in [1.29, 1.82) is 0 Å². The van der Waals surface area contributed by atoms with Gasteiger partial charge in [0.25, 0.3) is 0 Å². The Morgan fingerprint density at radius 1 is 1.00 bits per heavy atom. The summed E-state index contributed by atoms with van der Waals surface area (Å²) in [5.74, 6) is 2.00. The number of morpholine rings is 1.